The lowest BCUT2D eigenvalue weighted by Crippen LogP contribution is -2.56. The number of phenols is 1. The monoisotopic (exact) mass is 378 g/mol. The number of carbonyl (C=O) groups excluding carboxylic acids is 1. The molecule has 1 aliphatic heterocycles. The summed E-state index contributed by atoms with van der Waals surface area (Å²) in [4.78, 5) is 12.6. The molecule has 0 saturated carbocycles. The number of halogens is 3. The average molecular weight is 378 g/mol. The molecular formula is C19H17F3N2O3. The Hall–Kier alpha value is -2.87. The number of hydrogen-bond acceptors (Lipinski definition) is 4. The number of hydrogen-bond donors (Lipinski definition) is 2. The highest BCUT2D eigenvalue weighted by Crippen LogP contribution is 2.42. The number of aromatic hydroxyl groups is 1. The summed E-state index contributed by atoms with van der Waals surface area (Å²) in [5.74, 6) is -1.74. The van der Waals surface area contributed by atoms with E-state index in [2.05, 4.69) is 5.10 Å². The van der Waals surface area contributed by atoms with Gasteiger partial charge in [-0.25, -0.2) is 0 Å². The Balaban J connectivity index is 2.05. The zero-order chi connectivity index (χ0) is 19.8. The Morgan fingerprint density at radius 3 is 2.37 bits per heavy atom. The van der Waals surface area contributed by atoms with E-state index in [-0.39, 0.29) is 16.3 Å². The first-order valence-electron chi connectivity index (χ1n) is 8.26. The number of hydrazone groups is 1. The lowest BCUT2D eigenvalue weighted by molar-refractivity contribution is -0.297. The highest BCUT2D eigenvalue weighted by molar-refractivity contribution is 6.06. The number of amides is 1. The van der Waals surface area contributed by atoms with Gasteiger partial charge in [-0.3, -0.25) is 4.79 Å². The SMILES string of the molecule is CCc1ccc(C2=NN(C(=O)c3ccccc3O)[C@](O)(C(F)(F)F)C2)cc1. The Morgan fingerprint density at radius 2 is 1.81 bits per heavy atom. The van der Waals surface area contributed by atoms with E-state index >= 15 is 0 Å². The lowest BCUT2D eigenvalue weighted by atomic mass is 9.99. The highest BCUT2D eigenvalue weighted by atomic mass is 19.4. The van der Waals surface area contributed by atoms with E-state index < -0.39 is 30.0 Å². The Morgan fingerprint density at radius 1 is 1.19 bits per heavy atom. The number of benzene rings is 2. The van der Waals surface area contributed by atoms with Crippen LogP contribution in [0.15, 0.2) is 53.6 Å². The predicted octanol–water partition coefficient (Wildman–Crippen LogP) is 3.46. The molecule has 8 heteroatoms. The molecule has 2 N–H and O–H groups in total. The molecule has 0 spiro atoms. The van der Waals surface area contributed by atoms with E-state index in [1.165, 1.54) is 18.2 Å². The van der Waals surface area contributed by atoms with Crippen LogP contribution in [-0.2, 0) is 6.42 Å². The third-order valence-corrected chi connectivity index (χ3v) is 4.46. The molecule has 0 aliphatic carbocycles. The van der Waals surface area contributed by atoms with Crippen LogP contribution in [0.25, 0.3) is 0 Å². The quantitative estimate of drug-likeness (QED) is 0.859. The number of alkyl halides is 3. The third kappa shape index (κ3) is 3.28. The molecule has 0 saturated heterocycles. The van der Waals surface area contributed by atoms with Gasteiger partial charge in [-0.2, -0.15) is 23.3 Å². The number of nitrogens with zero attached hydrogens (tertiary/aromatic N) is 2. The molecule has 0 fully saturated rings. The van der Waals surface area contributed by atoms with Gasteiger partial charge < -0.3 is 10.2 Å². The fourth-order valence-electron chi connectivity index (χ4n) is 2.84. The van der Waals surface area contributed by atoms with Crippen molar-refractivity contribution in [2.75, 3.05) is 0 Å². The largest absolute Gasteiger partial charge is 0.507 e. The number of aliphatic hydroxyl groups is 1. The second kappa shape index (κ2) is 6.70. The molecule has 0 aromatic heterocycles. The second-order valence-corrected chi connectivity index (χ2v) is 6.22. The smallest absolute Gasteiger partial charge is 0.438 e. The van der Waals surface area contributed by atoms with Gasteiger partial charge in [0.2, 0.25) is 0 Å². The lowest BCUT2D eigenvalue weighted by Gasteiger charge is -2.32. The van der Waals surface area contributed by atoms with Crippen LogP contribution in [0.3, 0.4) is 0 Å². The zero-order valence-electron chi connectivity index (χ0n) is 14.4. The van der Waals surface area contributed by atoms with Crippen LogP contribution >= 0.6 is 0 Å². The van der Waals surface area contributed by atoms with E-state index in [1.54, 1.807) is 24.3 Å². The maximum atomic E-state index is 13.6. The minimum atomic E-state index is -5.14. The number of carbonyl (C=O) groups is 1. The molecule has 0 bridgehead atoms. The Kier molecular flexibility index (Phi) is 4.69. The van der Waals surface area contributed by atoms with Crippen molar-refractivity contribution in [3.05, 3.63) is 65.2 Å². The molecule has 1 amide bonds. The van der Waals surface area contributed by atoms with Crippen LogP contribution in [0.4, 0.5) is 13.2 Å². The summed E-state index contributed by atoms with van der Waals surface area (Å²) in [6.45, 7) is 1.94. The van der Waals surface area contributed by atoms with Crippen LogP contribution in [0.5, 0.6) is 5.75 Å². The van der Waals surface area contributed by atoms with Gasteiger partial charge >= 0.3 is 6.18 Å². The number of para-hydroxylation sites is 1. The third-order valence-electron chi connectivity index (χ3n) is 4.46. The van der Waals surface area contributed by atoms with Crippen LogP contribution in [0.2, 0.25) is 0 Å². The standard InChI is InChI=1S/C19H17F3N2O3/c1-2-12-7-9-13(10-8-12)15-11-18(27,19(20,21)22)24(23-15)17(26)14-5-3-4-6-16(14)25/h3-10,25,27H,2,11H2,1H3/t18-/m1/s1. The predicted molar refractivity (Wildman–Crippen MR) is 92.3 cm³/mol. The topological polar surface area (TPSA) is 73.1 Å². The molecule has 0 unspecified atom stereocenters. The first-order valence-corrected chi connectivity index (χ1v) is 8.26. The summed E-state index contributed by atoms with van der Waals surface area (Å²) in [5.41, 5.74) is -2.58. The van der Waals surface area contributed by atoms with Crippen molar-refractivity contribution in [2.45, 2.75) is 31.7 Å². The summed E-state index contributed by atoms with van der Waals surface area (Å²) in [6.07, 6.45) is -5.28. The van der Waals surface area contributed by atoms with Crippen molar-refractivity contribution in [2.24, 2.45) is 5.10 Å². The van der Waals surface area contributed by atoms with Crippen LogP contribution in [0.1, 0.15) is 34.8 Å². The van der Waals surface area contributed by atoms with Gasteiger partial charge in [-0.05, 0) is 29.7 Å². The van der Waals surface area contributed by atoms with E-state index in [0.29, 0.717) is 5.56 Å². The molecule has 1 aliphatic rings. The molecule has 1 atom stereocenters. The highest BCUT2D eigenvalue weighted by Gasteiger charge is 2.63. The Labute approximate surface area is 153 Å². The van der Waals surface area contributed by atoms with Crippen molar-refractivity contribution in [1.82, 2.24) is 5.01 Å². The number of rotatable bonds is 3. The molecule has 5 nitrogen and oxygen atoms in total. The summed E-state index contributed by atoms with van der Waals surface area (Å²) in [7, 11) is 0. The maximum absolute atomic E-state index is 13.6. The normalized spacial score (nSPS) is 19.9. The molecule has 0 radical (unpaired) electrons. The first kappa shape index (κ1) is 18.9. The van der Waals surface area contributed by atoms with E-state index in [1.807, 2.05) is 6.92 Å². The zero-order valence-corrected chi connectivity index (χ0v) is 14.4. The molecule has 3 rings (SSSR count). The van der Waals surface area contributed by atoms with Gasteiger partial charge in [0.25, 0.3) is 11.6 Å². The first-order chi connectivity index (χ1) is 12.7. The summed E-state index contributed by atoms with van der Waals surface area (Å²) >= 11 is 0. The van der Waals surface area contributed by atoms with E-state index in [9.17, 15) is 28.2 Å². The minimum absolute atomic E-state index is 0.00508. The fourth-order valence-corrected chi connectivity index (χ4v) is 2.84. The van der Waals surface area contributed by atoms with Crippen molar-refractivity contribution in [1.29, 1.82) is 0 Å². The van der Waals surface area contributed by atoms with Crippen LogP contribution in [-0.4, -0.2) is 38.7 Å². The van der Waals surface area contributed by atoms with Gasteiger partial charge in [0.1, 0.15) is 5.75 Å². The summed E-state index contributed by atoms with van der Waals surface area (Å²) in [5, 5.41) is 23.9. The minimum Gasteiger partial charge on any atom is -0.507 e. The molecule has 2 aromatic carbocycles. The number of phenolic OH excluding ortho intramolecular Hbond substituents is 1. The van der Waals surface area contributed by atoms with Gasteiger partial charge in [-0.1, -0.05) is 43.3 Å². The molecular weight excluding hydrogens is 361 g/mol. The van der Waals surface area contributed by atoms with Gasteiger partial charge in [0, 0.05) is 0 Å². The van der Waals surface area contributed by atoms with Crippen LogP contribution < -0.4 is 0 Å². The van der Waals surface area contributed by atoms with Crippen molar-refractivity contribution < 1.29 is 28.2 Å². The average Bonchev–Trinajstić information content (AvgIpc) is 3.00. The Bertz CT molecular complexity index is 894. The van der Waals surface area contributed by atoms with Crippen molar-refractivity contribution in [3.63, 3.8) is 0 Å². The molecule has 27 heavy (non-hydrogen) atoms. The maximum Gasteiger partial charge on any atom is 0.438 e. The van der Waals surface area contributed by atoms with Crippen molar-refractivity contribution >= 4 is 11.6 Å². The van der Waals surface area contributed by atoms with Crippen LogP contribution in [0, 0.1) is 0 Å². The molecule has 142 valence electrons. The fraction of sp³-hybridized carbons (Fsp3) is 0.263. The van der Waals surface area contributed by atoms with Crippen molar-refractivity contribution in [3.8, 4) is 5.75 Å². The van der Waals surface area contributed by atoms with Gasteiger partial charge in [0.15, 0.2) is 0 Å². The summed E-state index contributed by atoms with van der Waals surface area (Å²) < 4.78 is 40.8. The molecule has 1 heterocycles. The number of aryl methyl sites for hydroxylation is 1. The van der Waals surface area contributed by atoms with E-state index in [0.717, 1.165) is 18.1 Å². The summed E-state index contributed by atoms with van der Waals surface area (Å²) in [6, 6.07) is 11.8. The molecule has 2 aromatic rings. The van der Waals surface area contributed by atoms with Gasteiger partial charge in [0.05, 0.1) is 17.7 Å². The second-order valence-electron chi connectivity index (χ2n) is 6.22. The van der Waals surface area contributed by atoms with Gasteiger partial charge in [-0.15, -0.1) is 0 Å². The van der Waals surface area contributed by atoms with E-state index in [4.69, 9.17) is 0 Å².